The van der Waals surface area contributed by atoms with Crippen LogP contribution in [0.2, 0.25) is 0 Å². The lowest BCUT2D eigenvalue weighted by molar-refractivity contribution is 0.0811. The van der Waals surface area contributed by atoms with Crippen LogP contribution < -0.4 is 28.7 Å². The Morgan fingerprint density at radius 2 is 1.62 bits per heavy atom. The summed E-state index contributed by atoms with van der Waals surface area (Å²) in [6.45, 7) is 0. The summed E-state index contributed by atoms with van der Waals surface area (Å²) in [4.78, 5) is 0. The molecule has 6 unspecified atom stereocenters. The van der Waals surface area contributed by atoms with E-state index in [9.17, 15) is 4.39 Å². The maximum absolute atomic E-state index is 13.9. The molecule has 0 spiro atoms. The molecule has 16 heavy (non-hydrogen) atoms. The molecule has 0 radical (unpaired) electrons. The summed E-state index contributed by atoms with van der Waals surface area (Å²) < 4.78 is 13.9. The molecule has 96 valence electrons. The number of nitrogens with two attached hydrogens (primary N) is 5. The van der Waals surface area contributed by atoms with Crippen LogP contribution in [0.3, 0.4) is 0 Å². The molecule has 0 heterocycles. The van der Waals surface area contributed by atoms with Crippen LogP contribution in [0, 0.1) is 11.8 Å². The Morgan fingerprint density at radius 3 is 2.06 bits per heavy atom. The predicted octanol–water partition coefficient (Wildman–Crippen LogP) is -1.23. The first-order valence-electron chi connectivity index (χ1n) is 5.40. The third kappa shape index (κ3) is 3.03. The van der Waals surface area contributed by atoms with E-state index in [1.807, 2.05) is 0 Å². The second-order valence-electron chi connectivity index (χ2n) is 4.58. The van der Waals surface area contributed by atoms with Crippen LogP contribution in [0.5, 0.6) is 0 Å². The molecular weight excluding hydrogens is 233 g/mol. The summed E-state index contributed by atoms with van der Waals surface area (Å²) in [5, 5.41) is 0. The van der Waals surface area contributed by atoms with E-state index < -0.39 is 29.8 Å². The van der Waals surface area contributed by atoms with Crippen molar-refractivity contribution in [3.63, 3.8) is 0 Å². The quantitative estimate of drug-likeness (QED) is 0.244. The Morgan fingerprint density at radius 1 is 1.06 bits per heavy atom. The molecule has 0 aliphatic heterocycles. The lowest BCUT2D eigenvalue weighted by atomic mass is 9.73. The first kappa shape index (κ1) is 14.1. The summed E-state index contributed by atoms with van der Waals surface area (Å²) >= 11 is 5.67. The van der Waals surface area contributed by atoms with Gasteiger partial charge in [-0.3, -0.25) is 0 Å². The zero-order valence-electron chi connectivity index (χ0n) is 9.10. The average Bonchev–Trinajstić information content (AvgIpc) is 2.19. The predicted molar refractivity (Wildman–Crippen MR) is 63.1 cm³/mol. The lowest BCUT2D eigenvalue weighted by Crippen LogP contribution is -2.57. The van der Waals surface area contributed by atoms with Gasteiger partial charge >= 0.3 is 0 Å². The van der Waals surface area contributed by atoms with Crippen molar-refractivity contribution in [2.24, 2.45) is 40.5 Å². The van der Waals surface area contributed by atoms with Gasteiger partial charge in [-0.05, 0) is 12.8 Å². The second kappa shape index (κ2) is 5.57. The Hall–Kier alpha value is 0.0200. The van der Waals surface area contributed by atoms with Gasteiger partial charge in [0.25, 0.3) is 0 Å². The average molecular weight is 254 g/mol. The molecule has 0 aromatic rings. The third-order valence-electron chi connectivity index (χ3n) is 3.41. The SMILES string of the molecule is NC(N)C1CC(F)C(C(N)C(N)Cl)CC1N. The highest BCUT2D eigenvalue weighted by Gasteiger charge is 2.41. The summed E-state index contributed by atoms with van der Waals surface area (Å²) in [6, 6.07) is -0.851. The van der Waals surface area contributed by atoms with E-state index in [2.05, 4.69) is 0 Å². The molecule has 1 fully saturated rings. The monoisotopic (exact) mass is 253 g/mol. The van der Waals surface area contributed by atoms with Gasteiger partial charge in [0.2, 0.25) is 0 Å². The van der Waals surface area contributed by atoms with Crippen molar-refractivity contribution in [3.8, 4) is 0 Å². The van der Waals surface area contributed by atoms with Crippen LogP contribution in [-0.4, -0.2) is 29.9 Å². The minimum absolute atomic E-state index is 0.218. The normalized spacial score (nSPS) is 39.8. The Labute approximate surface area is 99.8 Å². The molecule has 1 aliphatic carbocycles. The largest absolute Gasteiger partial charge is 0.327 e. The van der Waals surface area contributed by atoms with Crippen LogP contribution in [0.4, 0.5) is 4.39 Å². The van der Waals surface area contributed by atoms with E-state index in [0.717, 1.165) is 0 Å². The van der Waals surface area contributed by atoms with Gasteiger partial charge in [0, 0.05) is 23.9 Å². The molecule has 5 nitrogen and oxygen atoms in total. The molecule has 1 rings (SSSR count). The Kier molecular flexibility index (Phi) is 4.90. The van der Waals surface area contributed by atoms with Crippen molar-refractivity contribution < 1.29 is 4.39 Å². The van der Waals surface area contributed by atoms with Crippen molar-refractivity contribution in [2.75, 3.05) is 0 Å². The third-order valence-corrected chi connectivity index (χ3v) is 3.70. The molecule has 6 atom stereocenters. The topological polar surface area (TPSA) is 130 Å². The zero-order chi connectivity index (χ0) is 12.5. The standard InChI is InChI=1S/C9H21ClFN5/c10-8(14)7(13)3-2-6(12)4(9(15)16)1-5(3)11/h3-9H,1-2,12-16H2. The minimum atomic E-state index is -1.10. The van der Waals surface area contributed by atoms with E-state index in [1.54, 1.807) is 0 Å². The van der Waals surface area contributed by atoms with Crippen molar-refractivity contribution in [3.05, 3.63) is 0 Å². The minimum Gasteiger partial charge on any atom is -0.327 e. The number of hydrogen-bond acceptors (Lipinski definition) is 5. The first-order chi connectivity index (χ1) is 7.34. The highest BCUT2D eigenvalue weighted by Crippen LogP contribution is 2.33. The number of hydrogen-bond donors (Lipinski definition) is 5. The molecule has 1 saturated carbocycles. The van der Waals surface area contributed by atoms with Crippen molar-refractivity contribution in [1.82, 2.24) is 0 Å². The van der Waals surface area contributed by atoms with Crippen LogP contribution in [0.1, 0.15) is 12.8 Å². The summed E-state index contributed by atoms with van der Waals surface area (Å²) in [5.74, 6) is -0.637. The highest BCUT2D eigenvalue weighted by atomic mass is 35.5. The second-order valence-corrected chi connectivity index (χ2v) is 5.08. The summed E-state index contributed by atoms with van der Waals surface area (Å²) in [6.07, 6.45) is -1.06. The molecular formula is C9H21ClFN5. The van der Waals surface area contributed by atoms with Crippen molar-refractivity contribution in [1.29, 1.82) is 0 Å². The molecule has 7 heteroatoms. The van der Waals surface area contributed by atoms with E-state index >= 15 is 0 Å². The van der Waals surface area contributed by atoms with Crippen LogP contribution in [-0.2, 0) is 0 Å². The number of halogens is 2. The van der Waals surface area contributed by atoms with Crippen molar-refractivity contribution >= 4 is 11.6 Å². The fraction of sp³-hybridized carbons (Fsp3) is 1.00. The Bertz CT molecular complexity index is 228. The van der Waals surface area contributed by atoms with E-state index in [0.29, 0.717) is 6.42 Å². The molecule has 0 amide bonds. The van der Waals surface area contributed by atoms with Gasteiger partial charge in [0.15, 0.2) is 0 Å². The van der Waals surface area contributed by atoms with Crippen LogP contribution in [0.25, 0.3) is 0 Å². The van der Waals surface area contributed by atoms with E-state index in [-0.39, 0.29) is 18.4 Å². The van der Waals surface area contributed by atoms with Gasteiger partial charge in [-0.15, -0.1) is 11.6 Å². The fourth-order valence-corrected chi connectivity index (χ4v) is 2.51. The smallest absolute Gasteiger partial charge is 0.105 e. The first-order valence-corrected chi connectivity index (χ1v) is 5.84. The van der Waals surface area contributed by atoms with E-state index in [1.165, 1.54) is 0 Å². The van der Waals surface area contributed by atoms with Gasteiger partial charge in [-0.1, -0.05) is 0 Å². The Balaban J connectivity index is 2.66. The van der Waals surface area contributed by atoms with Gasteiger partial charge in [-0.2, -0.15) is 0 Å². The molecule has 0 saturated heterocycles. The number of rotatable bonds is 3. The summed E-state index contributed by atoms with van der Waals surface area (Å²) in [5.41, 5.74) is 27.4. The molecule has 0 aromatic heterocycles. The molecule has 0 aromatic carbocycles. The number of alkyl halides is 2. The van der Waals surface area contributed by atoms with Gasteiger partial charge in [-0.25, -0.2) is 4.39 Å². The molecule has 1 aliphatic rings. The fourth-order valence-electron chi connectivity index (χ4n) is 2.32. The van der Waals surface area contributed by atoms with Crippen LogP contribution in [0.15, 0.2) is 0 Å². The maximum Gasteiger partial charge on any atom is 0.105 e. The molecule has 0 bridgehead atoms. The highest BCUT2D eigenvalue weighted by molar-refractivity contribution is 6.20. The molecule has 10 N–H and O–H groups in total. The van der Waals surface area contributed by atoms with E-state index in [4.69, 9.17) is 40.3 Å². The zero-order valence-corrected chi connectivity index (χ0v) is 9.85. The summed E-state index contributed by atoms with van der Waals surface area (Å²) in [7, 11) is 0. The van der Waals surface area contributed by atoms with Gasteiger partial charge in [0.1, 0.15) is 6.17 Å². The lowest BCUT2D eigenvalue weighted by Gasteiger charge is -2.40. The van der Waals surface area contributed by atoms with Gasteiger partial charge < -0.3 is 28.7 Å². The van der Waals surface area contributed by atoms with Crippen LogP contribution >= 0.6 is 11.6 Å². The van der Waals surface area contributed by atoms with Gasteiger partial charge in [0.05, 0.1) is 11.7 Å². The maximum atomic E-state index is 13.9. The van der Waals surface area contributed by atoms with Crippen molar-refractivity contribution in [2.45, 2.75) is 42.8 Å².